The monoisotopic (exact) mass is 308 g/mol. The molecule has 0 fully saturated rings. The number of hydrogen-bond donors (Lipinski definition) is 1. The minimum Gasteiger partial charge on any atom is -0.393 e. The maximum Gasteiger partial charge on any atom is 0.245 e. The van der Waals surface area contributed by atoms with E-state index in [0.717, 1.165) is 16.4 Å². The number of benzene rings is 1. The van der Waals surface area contributed by atoms with E-state index in [1.807, 2.05) is 0 Å². The number of nitrogens with two attached hydrogens (primary N) is 1. The van der Waals surface area contributed by atoms with Gasteiger partial charge in [-0.05, 0) is 12.1 Å². The molecule has 0 spiro atoms. The molecule has 1 aromatic rings. The minimum absolute atomic E-state index is 0.0605. The molecule has 106 valence electrons. The van der Waals surface area contributed by atoms with Gasteiger partial charge in [0.05, 0.1) is 4.99 Å². The smallest absolute Gasteiger partial charge is 0.245 e. The van der Waals surface area contributed by atoms with E-state index in [0.29, 0.717) is 6.07 Å². The zero-order chi connectivity index (χ0) is 14.6. The Morgan fingerprint density at radius 3 is 2.53 bits per heavy atom. The fourth-order valence-corrected chi connectivity index (χ4v) is 3.09. The molecule has 0 radical (unpaired) electrons. The van der Waals surface area contributed by atoms with Crippen molar-refractivity contribution in [2.75, 3.05) is 13.1 Å². The van der Waals surface area contributed by atoms with Crippen LogP contribution < -0.4 is 5.73 Å². The second-order valence-electron chi connectivity index (χ2n) is 3.79. The zero-order valence-corrected chi connectivity index (χ0v) is 11.9. The third-order valence-corrected chi connectivity index (χ3v) is 4.68. The van der Waals surface area contributed by atoms with Crippen LogP contribution in [0.1, 0.15) is 13.3 Å². The molecule has 1 rings (SSSR count). The molecular formula is C11H14F2N2O2S2. The van der Waals surface area contributed by atoms with E-state index < -0.39 is 26.6 Å². The van der Waals surface area contributed by atoms with Crippen molar-refractivity contribution in [3.05, 3.63) is 29.8 Å². The molecule has 0 unspecified atom stereocenters. The maximum atomic E-state index is 13.5. The van der Waals surface area contributed by atoms with Crippen LogP contribution in [0.5, 0.6) is 0 Å². The molecule has 0 amide bonds. The number of rotatable bonds is 6. The summed E-state index contributed by atoms with van der Waals surface area (Å²) in [6, 6.07) is 2.34. The Morgan fingerprint density at radius 2 is 2.05 bits per heavy atom. The van der Waals surface area contributed by atoms with Crippen molar-refractivity contribution in [3.8, 4) is 0 Å². The first-order valence-corrected chi connectivity index (χ1v) is 7.37. The van der Waals surface area contributed by atoms with E-state index in [9.17, 15) is 17.2 Å². The topological polar surface area (TPSA) is 63.4 Å². The first kappa shape index (κ1) is 15.9. The molecule has 0 atom stereocenters. The van der Waals surface area contributed by atoms with E-state index in [-0.39, 0.29) is 24.5 Å². The molecule has 0 heterocycles. The quantitative estimate of drug-likeness (QED) is 0.812. The van der Waals surface area contributed by atoms with E-state index in [4.69, 9.17) is 5.73 Å². The molecule has 0 aliphatic heterocycles. The predicted molar refractivity (Wildman–Crippen MR) is 72.2 cm³/mol. The van der Waals surface area contributed by atoms with Crippen LogP contribution in [-0.2, 0) is 10.0 Å². The Bertz CT molecular complexity index is 576. The number of sulfonamides is 1. The Kier molecular flexibility index (Phi) is 5.33. The number of thiocarbonyl (C=S) groups is 1. The Morgan fingerprint density at radius 1 is 1.42 bits per heavy atom. The predicted octanol–water partition coefficient (Wildman–Crippen LogP) is 1.65. The lowest BCUT2D eigenvalue weighted by Gasteiger charge is -2.20. The molecule has 4 nitrogen and oxygen atoms in total. The van der Waals surface area contributed by atoms with Crippen LogP contribution in [0.15, 0.2) is 23.1 Å². The fraction of sp³-hybridized carbons (Fsp3) is 0.364. The van der Waals surface area contributed by atoms with Crippen molar-refractivity contribution in [2.45, 2.75) is 18.2 Å². The lowest BCUT2D eigenvalue weighted by atomic mass is 10.3. The van der Waals surface area contributed by atoms with Crippen LogP contribution in [0.4, 0.5) is 8.78 Å². The van der Waals surface area contributed by atoms with Gasteiger partial charge >= 0.3 is 0 Å². The van der Waals surface area contributed by atoms with Gasteiger partial charge in [-0.25, -0.2) is 17.2 Å². The van der Waals surface area contributed by atoms with Crippen LogP contribution in [0.25, 0.3) is 0 Å². The van der Waals surface area contributed by atoms with E-state index >= 15 is 0 Å². The second-order valence-corrected chi connectivity index (χ2v) is 6.22. The van der Waals surface area contributed by atoms with Gasteiger partial charge in [-0.3, -0.25) is 0 Å². The SMILES string of the molecule is CCN(CCC(N)=S)S(=O)(=O)c1ccc(F)cc1F. The van der Waals surface area contributed by atoms with E-state index in [2.05, 4.69) is 12.2 Å². The summed E-state index contributed by atoms with van der Waals surface area (Å²) in [5.74, 6) is -1.95. The number of nitrogens with zero attached hydrogens (tertiary/aromatic N) is 1. The van der Waals surface area contributed by atoms with Crippen LogP contribution in [-0.4, -0.2) is 30.8 Å². The first-order chi connectivity index (χ1) is 8.78. The summed E-state index contributed by atoms with van der Waals surface area (Å²) in [6.45, 7) is 1.81. The van der Waals surface area contributed by atoms with Crippen molar-refractivity contribution in [1.29, 1.82) is 0 Å². The van der Waals surface area contributed by atoms with Gasteiger partial charge < -0.3 is 5.73 Å². The molecule has 1 aromatic carbocycles. The summed E-state index contributed by atoms with van der Waals surface area (Å²) >= 11 is 4.68. The molecule has 19 heavy (non-hydrogen) atoms. The average Bonchev–Trinajstić information content (AvgIpc) is 2.28. The summed E-state index contributed by atoms with van der Waals surface area (Å²) in [6.07, 6.45) is 0.200. The van der Waals surface area contributed by atoms with Crippen LogP contribution in [0.2, 0.25) is 0 Å². The second kappa shape index (κ2) is 6.36. The van der Waals surface area contributed by atoms with Gasteiger partial charge in [-0.1, -0.05) is 19.1 Å². The minimum atomic E-state index is -4.02. The van der Waals surface area contributed by atoms with Gasteiger partial charge in [-0.15, -0.1) is 0 Å². The lowest BCUT2D eigenvalue weighted by Crippen LogP contribution is -2.34. The molecule has 8 heteroatoms. The Labute approximate surface area is 116 Å². The van der Waals surface area contributed by atoms with E-state index in [1.54, 1.807) is 6.92 Å². The molecule has 0 saturated carbocycles. The fourth-order valence-electron chi connectivity index (χ4n) is 1.51. The highest BCUT2D eigenvalue weighted by Gasteiger charge is 2.26. The lowest BCUT2D eigenvalue weighted by molar-refractivity contribution is 0.432. The standard InChI is InChI=1S/C11H14F2N2O2S2/c1-2-15(6-5-11(14)18)19(16,17)10-4-3-8(12)7-9(10)13/h3-4,7H,2,5-6H2,1H3,(H2,14,18). The van der Waals surface area contributed by atoms with Crippen LogP contribution >= 0.6 is 12.2 Å². The van der Waals surface area contributed by atoms with E-state index in [1.165, 1.54) is 0 Å². The zero-order valence-electron chi connectivity index (χ0n) is 10.3. The molecule has 0 bridgehead atoms. The third-order valence-electron chi connectivity index (χ3n) is 2.47. The van der Waals surface area contributed by atoms with Gasteiger partial charge in [0.15, 0.2) is 0 Å². The maximum absolute atomic E-state index is 13.5. The van der Waals surface area contributed by atoms with Crippen molar-refractivity contribution in [3.63, 3.8) is 0 Å². The summed E-state index contributed by atoms with van der Waals surface area (Å²) < 4.78 is 51.8. The highest BCUT2D eigenvalue weighted by molar-refractivity contribution is 7.89. The highest BCUT2D eigenvalue weighted by atomic mass is 32.2. The highest BCUT2D eigenvalue weighted by Crippen LogP contribution is 2.20. The Balaban J connectivity index is 3.09. The number of halogens is 2. The normalized spacial score (nSPS) is 11.8. The molecule has 0 aliphatic carbocycles. The van der Waals surface area contributed by atoms with Crippen molar-refractivity contribution < 1.29 is 17.2 Å². The summed E-state index contributed by atoms with van der Waals surface area (Å²) in [4.78, 5) is -0.382. The summed E-state index contributed by atoms with van der Waals surface area (Å²) in [5, 5.41) is 0. The largest absolute Gasteiger partial charge is 0.393 e. The van der Waals surface area contributed by atoms with Gasteiger partial charge in [0.25, 0.3) is 0 Å². The van der Waals surface area contributed by atoms with Gasteiger partial charge in [-0.2, -0.15) is 4.31 Å². The van der Waals surface area contributed by atoms with Crippen LogP contribution in [0, 0.1) is 11.6 Å². The third kappa shape index (κ3) is 3.92. The Hall–Kier alpha value is -1.12. The molecule has 0 saturated heterocycles. The molecular weight excluding hydrogens is 294 g/mol. The molecule has 0 aromatic heterocycles. The molecule has 2 N–H and O–H groups in total. The summed E-state index contributed by atoms with van der Waals surface area (Å²) in [7, 11) is -4.02. The summed E-state index contributed by atoms with van der Waals surface area (Å²) in [5.41, 5.74) is 5.31. The van der Waals surface area contributed by atoms with Crippen molar-refractivity contribution >= 4 is 27.2 Å². The molecule has 0 aliphatic rings. The van der Waals surface area contributed by atoms with Gasteiger partial charge in [0.2, 0.25) is 10.0 Å². The van der Waals surface area contributed by atoms with Crippen molar-refractivity contribution in [1.82, 2.24) is 4.31 Å². The average molecular weight is 308 g/mol. The van der Waals surface area contributed by atoms with Gasteiger partial charge in [0.1, 0.15) is 16.5 Å². The van der Waals surface area contributed by atoms with Crippen LogP contribution in [0.3, 0.4) is 0 Å². The first-order valence-electron chi connectivity index (χ1n) is 5.52. The van der Waals surface area contributed by atoms with Gasteiger partial charge in [0, 0.05) is 25.6 Å². The number of hydrogen-bond acceptors (Lipinski definition) is 3. The van der Waals surface area contributed by atoms with Crippen molar-refractivity contribution in [2.24, 2.45) is 5.73 Å².